The molecule has 1 aliphatic heterocycles. The van der Waals surface area contributed by atoms with Gasteiger partial charge >= 0.3 is 0 Å². The lowest BCUT2D eigenvalue weighted by Crippen LogP contribution is -2.49. The zero-order chi connectivity index (χ0) is 20.3. The van der Waals surface area contributed by atoms with Crippen molar-refractivity contribution in [3.05, 3.63) is 76.3 Å². The first-order chi connectivity index (χ1) is 13.5. The molecule has 28 heavy (non-hydrogen) atoms. The molecule has 1 amide bonds. The second-order valence-corrected chi connectivity index (χ2v) is 7.56. The van der Waals surface area contributed by atoms with Gasteiger partial charge in [-0.25, -0.2) is 0 Å². The molecule has 4 nitrogen and oxygen atoms in total. The minimum Gasteiger partial charge on any atom is -0.496 e. The Morgan fingerprint density at radius 1 is 1.07 bits per heavy atom. The highest BCUT2D eigenvalue weighted by Gasteiger charge is 2.27. The molecule has 1 fully saturated rings. The van der Waals surface area contributed by atoms with E-state index in [0.717, 1.165) is 24.4 Å². The van der Waals surface area contributed by atoms with Gasteiger partial charge < -0.3 is 9.64 Å². The number of carbonyl (C=O) groups excluding carboxylic acids is 1. The van der Waals surface area contributed by atoms with Gasteiger partial charge in [-0.3, -0.25) is 9.69 Å². The lowest BCUT2D eigenvalue weighted by Gasteiger charge is -2.39. The zero-order valence-electron chi connectivity index (χ0n) is 16.7. The molecule has 3 rings (SSSR count). The number of halogens is 1. The quantitative estimate of drug-likeness (QED) is 0.687. The fraction of sp³-hybridized carbons (Fsp3) is 0.348. The summed E-state index contributed by atoms with van der Waals surface area (Å²) in [6.45, 7) is 11.3. The molecule has 148 valence electrons. The van der Waals surface area contributed by atoms with Gasteiger partial charge in [0.15, 0.2) is 0 Å². The Hall–Kier alpha value is -2.30. The fourth-order valence-electron chi connectivity index (χ4n) is 3.81. The normalized spacial score (nSPS) is 15.9. The van der Waals surface area contributed by atoms with Crippen molar-refractivity contribution in [3.63, 3.8) is 0 Å². The van der Waals surface area contributed by atoms with Gasteiger partial charge in [-0.1, -0.05) is 23.7 Å². The van der Waals surface area contributed by atoms with Gasteiger partial charge in [0.05, 0.1) is 13.2 Å². The molecule has 1 aliphatic rings. The van der Waals surface area contributed by atoms with Crippen LogP contribution in [0.5, 0.6) is 5.75 Å². The van der Waals surface area contributed by atoms with Crippen LogP contribution in [0, 0.1) is 13.8 Å². The number of ether oxygens (including phenoxy) is 1. The van der Waals surface area contributed by atoms with E-state index in [2.05, 4.69) is 31.4 Å². The van der Waals surface area contributed by atoms with Crippen LogP contribution in [0.4, 0.5) is 0 Å². The van der Waals surface area contributed by atoms with Crippen molar-refractivity contribution in [1.29, 1.82) is 0 Å². The number of piperazine rings is 1. The van der Waals surface area contributed by atoms with Gasteiger partial charge in [0.2, 0.25) is 0 Å². The number of benzene rings is 2. The first-order valence-electron chi connectivity index (χ1n) is 9.51. The summed E-state index contributed by atoms with van der Waals surface area (Å²) in [5, 5.41) is 0.639. The van der Waals surface area contributed by atoms with E-state index in [1.54, 1.807) is 31.4 Å². The van der Waals surface area contributed by atoms with Crippen LogP contribution in [-0.2, 0) is 0 Å². The largest absolute Gasteiger partial charge is 0.496 e. The Bertz CT molecular complexity index is 856. The topological polar surface area (TPSA) is 32.8 Å². The average Bonchev–Trinajstić information content (AvgIpc) is 2.72. The first-order valence-corrected chi connectivity index (χ1v) is 9.89. The number of methoxy groups -OCH3 is 1. The highest BCUT2D eigenvalue weighted by atomic mass is 35.5. The van der Waals surface area contributed by atoms with E-state index in [-0.39, 0.29) is 11.9 Å². The first kappa shape index (κ1) is 20.4. The van der Waals surface area contributed by atoms with Gasteiger partial charge in [0, 0.05) is 36.8 Å². The maximum atomic E-state index is 12.7. The van der Waals surface area contributed by atoms with E-state index in [9.17, 15) is 4.79 Å². The lowest BCUT2D eigenvalue weighted by molar-refractivity contribution is 0.0601. The Morgan fingerprint density at radius 3 is 2.29 bits per heavy atom. The molecule has 2 aromatic carbocycles. The molecule has 0 bridgehead atoms. The third kappa shape index (κ3) is 4.08. The minimum atomic E-state index is 0.0583. The number of carbonyl (C=O) groups is 1. The van der Waals surface area contributed by atoms with Crippen LogP contribution in [0.25, 0.3) is 0 Å². The molecule has 5 heteroatoms. The summed E-state index contributed by atoms with van der Waals surface area (Å²) in [4.78, 5) is 17.0. The lowest BCUT2D eigenvalue weighted by atomic mass is 9.95. The maximum absolute atomic E-state index is 12.7. The van der Waals surface area contributed by atoms with Crippen LogP contribution in [0.2, 0.25) is 5.02 Å². The summed E-state index contributed by atoms with van der Waals surface area (Å²) in [5.74, 6) is 0.963. The average molecular weight is 399 g/mol. The van der Waals surface area contributed by atoms with E-state index >= 15 is 0 Å². The Kier molecular flexibility index (Phi) is 6.42. The van der Waals surface area contributed by atoms with Crippen LogP contribution in [0.15, 0.2) is 49.1 Å². The van der Waals surface area contributed by atoms with Crippen molar-refractivity contribution < 1.29 is 9.53 Å². The highest BCUT2D eigenvalue weighted by Crippen LogP contribution is 2.32. The van der Waals surface area contributed by atoms with Crippen LogP contribution < -0.4 is 4.74 Å². The summed E-state index contributed by atoms with van der Waals surface area (Å²) in [7, 11) is 1.70. The van der Waals surface area contributed by atoms with Crippen LogP contribution in [-0.4, -0.2) is 49.0 Å². The van der Waals surface area contributed by atoms with Gasteiger partial charge in [-0.15, -0.1) is 6.58 Å². The van der Waals surface area contributed by atoms with Crippen molar-refractivity contribution in [2.24, 2.45) is 0 Å². The molecule has 0 aromatic heterocycles. The second-order valence-electron chi connectivity index (χ2n) is 7.12. The van der Waals surface area contributed by atoms with Crippen molar-refractivity contribution in [2.75, 3.05) is 33.3 Å². The van der Waals surface area contributed by atoms with Gasteiger partial charge in [0.25, 0.3) is 5.91 Å². The summed E-state index contributed by atoms with van der Waals surface area (Å²) in [6, 6.07) is 11.4. The van der Waals surface area contributed by atoms with E-state index < -0.39 is 0 Å². The Balaban J connectivity index is 1.71. The third-order valence-corrected chi connectivity index (χ3v) is 5.88. The molecule has 0 N–H and O–H groups in total. The number of hydrogen-bond donors (Lipinski definition) is 0. The van der Waals surface area contributed by atoms with Crippen molar-refractivity contribution in [3.8, 4) is 5.75 Å². The molecular weight excluding hydrogens is 372 g/mol. The molecule has 1 unspecified atom stereocenters. The van der Waals surface area contributed by atoms with Gasteiger partial charge in [-0.05, 0) is 60.9 Å². The Labute approximate surface area is 172 Å². The predicted octanol–water partition coefficient (Wildman–Crippen LogP) is 4.65. The maximum Gasteiger partial charge on any atom is 0.253 e. The van der Waals surface area contributed by atoms with Crippen molar-refractivity contribution >= 4 is 17.5 Å². The summed E-state index contributed by atoms with van der Waals surface area (Å²) in [6.07, 6.45) is 1.99. The molecule has 0 aliphatic carbocycles. The molecule has 1 heterocycles. The number of nitrogens with zero attached hydrogens (tertiary/aromatic N) is 2. The minimum absolute atomic E-state index is 0.0583. The molecule has 0 radical (unpaired) electrons. The smallest absolute Gasteiger partial charge is 0.253 e. The predicted molar refractivity (Wildman–Crippen MR) is 114 cm³/mol. The van der Waals surface area contributed by atoms with E-state index in [1.165, 1.54) is 11.1 Å². The standard InChI is InChI=1S/C23H27ClN2O2/c1-5-21(20-10-11-22(28-4)17(3)16(20)2)25-12-14-26(15-13-25)23(27)18-6-8-19(24)9-7-18/h5-11,21H,1,12-15H2,2-4H3. The molecule has 2 aromatic rings. The fourth-order valence-corrected chi connectivity index (χ4v) is 3.94. The van der Waals surface area contributed by atoms with Gasteiger partial charge in [0.1, 0.15) is 5.75 Å². The summed E-state index contributed by atoms with van der Waals surface area (Å²) in [5.41, 5.74) is 4.30. The molecule has 1 atom stereocenters. The molecular formula is C23H27ClN2O2. The van der Waals surface area contributed by atoms with Crippen molar-refractivity contribution in [1.82, 2.24) is 9.80 Å². The summed E-state index contributed by atoms with van der Waals surface area (Å²) >= 11 is 5.92. The highest BCUT2D eigenvalue weighted by molar-refractivity contribution is 6.30. The zero-order valence-corrected chi connectivity index (χ0v) is 17.5. The van der Waals surface area contributed by atoms with Crippen LogP contribution in [0.1, 0.15) is 33.1 Å². The van der Waals surface area contributed by atoms with E-state index in [4.69, 9.17) is 16.3 Å². The third-order valence-electron chi connectivity index (χ3n) is 5.63. The SMILES string of the molecule is C=CC(c1ccc(OC)c(C)c1C)N1CCN(C(=O)c2ccc(Cl)cc2)CC1. The monoisotopic (exact) mass is 398 g/mol. The van der Waals surface area contributed by atoms with Crippen molar-refractivity contribution in [2.45, 2.75) is 19.9 Å². The molecule has 1 saturated heterocycles. The number of amides is 1. The number of hydrogen-bond acceptors (Lipinski definition) is 3. The van der Waals surface area contributed by atoms with Crippen LogP contribution >= 0.6 is 11.6 Å². The van der Waals surface area contributed by atoms with Crippen LogP contribution in [0.3, 0.4) is 0 Å². The Morgan fingerprint density at radius 2 is 1.71 bits per heavy atom. The second kappa shape index (κ2) is 8.80. The molecule has 0 saturated carbocycles. The number of rotatable bonds is 5. The van der Waals surface area contributed by atoms with E-state index in [0.29, 0.717) is 23.7 Å². The molecule has 0 spiro atoms. The summed E-state index contributed by atoms with van der Waals surface area (Å²) < 4.78 is 5.44. The van der Waals surface area contributed by atoms with E-state index in [1.807, 2.05) is 17.0 Å². The van der Waals surface area contributed by atoms with Gasteiger partial charge in [-0.2, -0.15) is 0 Å².